The zero-order valence-corrected chi connectivity index (χ0v) is 20.8. The van der Waals surface area contributed by atoms with Gasteiger partial charge in [0.15, 0.2) is 5.96 Å². The van der Waals surface area contributed by atoms with Crippen molar-refractivity contribution in [2.45, 2.75) is 13.0 Å². The Balaban J connectivity index is 0.00000392. The summed E-state index contributed by atoms with van der Waals surface area (Å²) in [6.07, 6.45) is -0.0979. The lowest BCUT2D eigenvalue weighted by atomic mass is 10.3. The maximum Gasteiger partial charge on any atom is 0.215 e. The smallest absolute Gasteiger partial charge is 0.215 e. The van der Waals surface area contributed by atoms with Crippen LogP contribution in [0.15, 0.2) is 29.3 Å². The highest BCUT2D eigenvalue weighted by molar-refractivity contribution is 14.0. The Hall–Kier alpha value is -0.430. The molecule has 1 heterocycles. The highest BCUT2D eigenvalue weighted by Crippen LogP contribution is 2.16. The quantitative estimate of drug-likeness (QED) is 0.287. The molecule has 0 bridgehead atoms. The van der Waals surface area contributed by atoms with Gasteiger partial charge in [0.05, 0.1) is 12.3 Å². The number of aliphatic imine (C=N–C) groups is 1. The molecule has 11 heteroatoms. The molecule has 0 radical (unpaired) electrons. The largest absolute Gasteiger partial charge is 0.489 e. The summed E-state index contributed by atoms with van der Waals surface area (Å²) in [4.78, 5) is 4.12. The first kappa shape index (κ1) is 25.6. The van der Waals surface area contributed by atoms with Crippen molar-refractivity contribution in [3.05, 3.63) is 29.3 Å². The first-order valence-corrected chi connectivity index (χ1v) is 12.0. The zero-order valence-electron chi connectivity index (χ0n) is 16.1. The molecule has 28 heavy (non-hydrogen) atoms. The Kier molecular flexibility index (Phi) is 11.9. The van der Waals surface area contributed by atoms with E-state index in [2.05, 4.69) is 15.6 Å². The van der Waals surface area contributed by atoms with Crippen LogP contribution in [-0.2, 0) is 10.0 Å². The van der Waals surface area contributed by atoms with Crippen molar-refractivity contribution in [2.24, 2.45) is 4.99 Å². The number of hydrogen-bond donors (Lipinski definition) is 2. The number of thioether (sulfide) groups is 1. The van der Waals surface area contributed by atoms with Gasteiger partial charge in [-0.25, -0.2) is 12.7 Å². The Morgan fingerprint density at radius 2 is 1.93 bits per heavy atom. The molecule has 1 aliphatic heterocycles. The molecule has 0 saturated carbocycles. The topological polar surface area (TPSA) is 83.0 Å². The third-order valence-electron chi connectivity index (χ3n) is 3.95. The van der Waals surface area contributed by atoms with Crippen LogP contribution in [0.2, 0.25) is 5.02 Å². The molecule has 0 spiro atoms. The van der Waals surface area contributed by atoms with Crippen LogP contribution in [0.4, 0.5) is 0 Å². The van der Waals surface area contributed by atoms with Crippen molar-refractivity contribution in [3.8, 4) is 5.75 Å². The van der Waals surface area contributed by atoms with E-state index in [1.165, 1.54) is 0 Å². The highest BCUT2D eigenvalue weighted by atomic mass is 127. The first-order valence-electron chi connectivity index (χ1n) is 8.83. The number of nitrogens with one attached hydrogen (secondary N) is 2. The molecular formula is C17H28ClIN4O3S2. The molecule has 1 aromatic carbocycles. The second-order valence-corrected chi connectivity index (χ2v) is 9.84. The lowest BCUT2D eigenvalue weighted by Crippen LogP contribution is -2.45. The van der Waals surface area contributed by atoms with Gasteiger partial charge in [-0.3, -0.25) is 4.99 Å². The predicted octanol–water partition coefficient (Wildman–Crippen LogP) is 2.27. The second kappa shape index (κ2) is 13.0. The summed E-state index contributed by atoms with van der Waals surface area (Å²) in [5.41, 5.74) is 0. The summed E-state index contributed by atoms with van der Waals surface area (Å²) in [7, 11) is -1.57. The van der Waals surface area contributed by atoms with Crippen molar-refractivity contribution in [1.82, 2.24) is 14.9 Å². The number of rotatable bonds is 8. The minimum Gasteiger partial charge on any atom is -0.489 e. The molecule has 0 amide bonds. The monoisotopic (exact) mass is 562 g/mol. The minimum absolute atomic E-state index is 0. The van der Waals surface area contributed by atoms with Crippen LogP contribution >= 0.6 is 47.3 Å². The standard InChI is InChI=1S/C17H27ClN4O3S2.HI/c1-14(25-16-5-3-15(18)4-6-16)13-21-17(19-2)20-7-12-27(23,24)22-8-10-26-11-9-22;/h3-6,14H,7-13H2,1-2H3,(H2,19,20,21);1H. The van der Waals surface area contributed by atoms with E-state index >= 15 is 0 Å². The van der Waals surface area contributed by atoms with Crippen LogP contribution < -0.4 is 15.4 Å². The van der Waals surface area contributed by atoms with Gasteiger partial charge >= 0.3 is 0 Å². The summed E-state index contributed by atoms with van der Waals surface area (Å²) in [5.74, 6) is 3.06. The molecule has 1 aromatic rings. The van der Waals surface area contributed by atoms with Crippen LogP contribution in [-0.4, -0.2) is 75.3 Å². The van der Waals surface area contributed by atoms with Gasteiger partial charge in [0.1, 0.15) is 11.9 Å². The first-order chi connectivity index (χ1) is 12.9. The maximum absolute atomic E-state index is 12.3. The van der Waals surface area contributed by atoms with Gasteiger partial charge in [-0.1, -0.05) is 11.6 Å². The Labute approximate surface area is 194 Å². The normalized spacial score (nSPS) is 16.8. The molecule has 2 rings (SSSR count). The van der Waals surface area contributed by atoms with Crippen LogP contribution in [0.3, 0.4) is 0 Å². The molecule has 2 N–H and O–H groups in total. The average molecular weight is 563 g/mol. The summed E-state index contributed by atoms with van der Waals surface area (Å²) in [6, 6.07) is 7.18. The number of guanidine groups is 1. The lowest BCUT2D eigenvalue weighted by Gasteiger charge is -2.25. The fraction of sp³-hybridized carbons (Fsp3) is 0.588. The van der Waals surface area contributed by atoms with Crippen molar-refractivity contribution in [2.75, 3.05) is 50.5 Å². The van der Waals surface area contributed by atoms with E-state index in [1.54, 1.807) is 35.2 Å². The number of sulfonamides is 1. The average Bonchev–Trinajstić information content (AvgIpc) is 2.67. The fourth-order valence-corrected chi connectivity index (χ4v) is 5.12. The Morgan fingerprint density at radius 1 is 1.29 bits per heavy atom. The van der Waals surface area contributed by atoms with Crippen LogP contribution in [0, 0.1) is 0 Å². The number of halogens is 2. The molecule has 0 aliphatic carbocycles. The van der Waals surface area contributed by atoms with Gasteiger partial charge in [0.2, 0.25) is 10.0 Å². The highest BCUT2D eigenvalue weighted by Gasteiger charge is 2.23. The molecule has 160 valence electrons. The van der Waals surface area contributed by atoms with Crippen LogP contribution in [0.25, 0.3) is 0 Å². The van der Waals surface area contributed by atoms with E-state index < -0.39 is 10.0 Å². The number of nitrogens with zero attached hydrogens (tertiary/aromatic N) is 2. The van der Waals surface area contributed by atoms with Gasteiger partial charge in [-0.2, -0.15) is 11.8 Å². The molecule has 1 saturated heterocycles. The zero-order chi connectivity index (χ0) is 19.7. The molecule has 1 fully saturated rings. The van der Waals surface area contributed by atoms with Crippen molar-refractivity contribution in [1.29, 1.82) is 0 Å². The summed E-state index contributed by atoms with van der Waals surface area (Å²) in [5, 5.41) is 6.85. The SMILES string of the molecule is CN=C(NCCS(=O)(=O)N1CCSCC1)NCC(C)Oc1ccc(Cl)cc1.I. The number of hydrogen-bond acceptors (Lipinski definition) is 5. The molecule has 1 aliphatic rings. The molecule has 7 nitrogen and oxygen atoms in total. The van der Waals surface area contributed by atoms with E-state index in [9.17, 15) is 8.42 Å². The van der Waals surface area contributed by atoms with Crippen molar-refractivity contribution < 1.29 is 13.2 Å². The molecular weight excluding hydrogens is 535 g/mol. The Morgan fingerprint density at radius 3 is 2.54 bits per heavy atom. The van der Waals surface area contributed by atoms with Gasteiger partial charge in [-0.05, 0) is 31.2 Å². The van der Waals surface area contributed by atoms with Gasteiger partial charge < -0.3 is 15.4 Å². The van der Waals surface area contributed by atoms with E-state index in [0.717, 1.165) is 17.3 Å². The van der Waals surface area contributed by atoms with E-state index in [0.29, 0.717) is 37.2 Å². The van der Waals surface area contributed by atoms with Crippen LogP contribution in [0.1, 0.15) is 6.92 Å². The van der Waals surface area contributed by atoms with Crippen molar-refractivity contribution in [3.63, 3.8) is 0 Å². The summed E-state index contributed by atoms with van der Waals surface area (Å²) < 4.78 is 32.0. The third-order valence-corrected chi connectivity index (χ3v) is 7.01. The van der Waals surface area contributed by atoms with E-state index in [4.69, 9.17) is 16.3 Å². The lowest BCUT2D eigenvalue weighted by molar-refractivity contribution is 0.224. The Bertz CT molecular complexity index is 714. The van der Waals surface area contributed by atoms with Gasteiger partial charge in [-0.15, -0.1) is 24.0 Å². The van der Waals surface area contributed by atoms with Gasteiger partial charge in [0.25, 0.3) is 0 Å². The number of ether oxygens (including phenoxy) is 1. The number of benzene rings is 1. The molecule has 0 aromatic heterocycles. The van der Waals surface area contributed by atoms with E-state index in [-0.39, 0.29) is 35.8 Å². The maximum atomic E-state index is 12.3. The predicted molar refractivity (Wildman–Crippen MR) is 129 cm³/mol. The molecule has 1 atom stereocenters. The minimum atomic E-state index is -3.22. The summed E-state index contributed by atoms with van der Waals surface area (Å²) in [6.45, 7) is 3.96. The molecule has 1 unspecified atom stereocenters. The van der Waals surface area contributed by atoms with Crippen LogP contribution in [0.5, 0.6) is 5.75 Å². The van der Waals surface area contributed by atoms with Gasteiger partial charge in [0, 0.05) is 43.2 Å². The third kappa shape index (κ3) is 8.93. The second-order valence-electron chi connectivity index (χ2n) is 6.09. The summed E-state index contributed by atoms with van der Waals surface area (Å²) >= 11 is 7.65. The van der Waals surface area contributed by atoms with E-state index in [1.807, 2.05) is 19.1 Å². The fourth-order valence-electron chi connectivity index (χ4n) is 2.50. The van der Waals surface area contributed by atoms with Crippen molar-refractivity contribution >= 4 is 63.3 Å².